The Morgan fingerprint density at radius 2 is 2.00 bits per heavy atom. The molecule has 0 saturated heterocycles. The van der Waals surface area contributed by atoms with Gasteiger partial charge in [-0.05, 0) is 46.1 Å². The molecule has 35 heavy (non-hydrogen) atoms. The lowest BCUT2D eigenvalue weighted by Crippen LogP contribution is -2.48. The molecule has 0 aliphatic heterocycles. The number of carbonyl (C=O) groups is 1. The molecule has 0 aromatic carbocycles. The molecule has 1 aliphatic rings. The average Bonchev–Trinajstić information content (AvgIpc) is 3.18. The summed E-state index contributed by atoms with van der Waals surface area (Å²) in [6.45, 7) is 13.1. The highest BCUT2D eigenvalue weighted by molar-refractivity contribution is 7.80. The Balaban J connectivity index is 1.99. The zero-order chi connectivity index (χ0) is 26.3. The van der Waals surface area contributed by atoms with Gasteiger partial charge >= 0.3 is 0 Å². The predicted molar refractivity (Wildman–Crippen MR) is 140 cm³/mol. The molecule has 3 unspecified atom stereocenters. The van der Waals surface area contributed by atoms with Crippen molar-refractivity contribution >= 4 is 23.1 Å². The van der Waals surface area contributed by atoms with Gasteiger partial charge in [-0.15, -0.1) is 16.8 Å². The first-order chi connectivity index (χ1) is 16.4. The van der Waals surface area contributed by atoms with Crippen LogP contribution in [0.25, 0.3) is 0 Å². The molecule has 0 spiro atoms. The van der Waals surface area contributed by atoms with Crippen molar-refractivity contribution in [3.05, 3.63) is 24.3 Å². The van der Waals surface area contributed by atoms with Crippen LogP contribution in [-0.4, -0.2) is 62.2 Å². The van der Waals surface area contributed by atoms with Gasteiger partial charge in [0.2, 0.25) is 11.8 Å². The molecule has 198 valence electrons. The number of hydrogen-bond donors (Lipinski definition) is 2. The number of aryl methyl sites for hydroxylation is 1. The van der Waals surface area contributed by atoms with Gasteiger partial charge in [-0.2, -0.15) is 0 Å². The van der Waals surface area contributed by atoms with Gasteiger partial charge in [0, 0.05) is 43.3 Å². The Morgan fingerprint density at radius 1 is 1.37 bits per heavy atom. The highest BCUT2D eigenvalue weighted by Crippen LogP contribution is 2.36. The van der Waals surface area contributed by atoms with E-state index in [9.17, 15) is 13.6 Å². The maximum absolute atomic E-state index is 13.4. The third-order valence-corrected chi connectivity index (χ3v) is 7.40. The highest BCUT2D eigenvalue weighted by atomic mass is 32.1. The number of aromatic nitrogens is 3. The highest BCUT2D eigenvalue weighted by Gasteiger charge is 2.38. The predicted octanol–water partition coefficient (Wildman–Crippen LogP) is 4.52. The second-order valence-corrected chi connectivity index (χ2v) is 10.6. The van der Waals surface area contributed by atoms with Crippen LogP contribution in [0.1, 0.15) is 89.3 Å². The molecule has 2 rings (SSSR count). The lowest BCUT2D eigenvalue weighted by molar-refractivity contribution is -0.129. The molecule has 1 aliphatic carbocycles. The van der Waals surface area contributed by atoms with Gasteiger partial charge in [0.05, 0.1) is 11.0 Å². The van der Waals surface area contributed by atoms with Crippen LogP contribution in [0.4, 0.5) is 8.78 Å². The minimum Gasteiger partial charge on any atom is -0.392 e. The number of likely N-dealkylation sites (N-methyl/N-ethyl adjacent to an activating group) is 1. The molecule has 1 amide bonds. The van der Waals surface area contributed by atoms with Crippen LogP contribution < -0.4 is 11.1 Å². The number of nitrogens with one attached hydrogen (secondary N) is 1. The third kappa shape index (κ3) is 8.03. The van der Waals surface area contributed by atoms with E-state index in [0.29, 0.717) is 13.0 Å². The minimum absolute atomic E-state index is 0.0880. The Hall–Kier alpha value is -1.94. The zero-order valence-corrected chi connectivity index (χ0v) is 22.6. The minimum atomic E-state index is -2.67. The van der Waals surface area contributed by atoms with Crippen molar-refractivity contribution < 1.29 is 13.6 Å². The van der Waals surface area contributed by atoms with E-state index in [1.807, 2.05) is 20.0 Å². The summed E-state index contributed by atoms with van der Waals surface area (Å²) in [5.41, 5.74) is 5.92. The first-order valence-corrected chi connectivity index (χ1v) is 13.0. The Kier molecular flexibility index (Phi) is 10.8. The smallest absolute Gasteiger partial charge is 0.248 e. The largest absolute Gasteiger partial charge is 0.392 e. The number of nitrogens with zero attached hydrogens (tertiary/aromatic N) is 4. The SMILES string of the molecule is C=CC(CC(CC)n1c(C)nnc1C(C)C)N(C)CCC(NC(=O)C1CCC(F)(F)CC1)C(N)=S. The van der Waals surface area contributed by atoms with Crippen LogP contribution in [-0.2, 0) is 4.79 Å². The zero-order valence-electron chi connectivity index (χ0n) is 21.8. The molecule has 10 heteroatoms. The fraction of sp³-hybridized carbons (Fsp3) is 0.760. The third-order valence-electron chi connectivity index (χ3n) is 7.12. The van der Waals surface area contributed by atoms with Crippen LogP contribution in [0.2, 0.25) is 0 Å². The van der Waals surface area contributed by atoms with Gasteiger partial charge in [0.25, 0.3) is 0 Å². The topological polar surface area (TPSA) is 89.1 Å². The monoisotopic (exact) mass is 512 g/mol. The van der Waals surface area contributed by atoms with Gasteiger partial charge in [-0.3, -0.25) is 9.69 Å². The quantitative estimate of drug-likeness (QED) is 0.298. The van der Waals surface area contributed by atoms with Crippen molar-refractivity contribution in [3.63, 3.8) is 0 Å². The summed E-state index contributed by atoms with van der Waals surface area (Å²) in [5.74, 6) is -1.16. The number of amides is 1. The van der Waals surface area contributed by atoms with Gasteiger partial charge in [0.1, 0.15) is 11.6 Å². The first kappa shape index (κ1) is 29.3. The molecule has 0 bridgehead atoms. The Morgan fingerprint density at radius 3 is 2.51 bits per heavy atom. The van der Waals surface area contributed by atoms with E-state index >= 15 is 0 Å². The van der Waals surface area contributed by atoms with Crippen molar-refractivity contribution in [2.24, 2.45) is 11.7 Å². The number of rotatable bonds is 13. The van der Waals surface area contributed by atoms with Gasteiger partial charge in [-0.25, -0.2) is 8.78 Å². The second kappa shape index (κ2) is 12.9. The lowest BCUT2D eigenvalue weighted by atomic mass is 9.86. The summed E-state index contributed by atoms with van der Waals surface area (Å²) in [7, 11) is 2.02. The fourth-order valence-electron chi connectivity index (χ4n) is 4.80. The van der Waals surface area contributed by atoms with Crippen molar-refractivity contribution in [2.75, 3.05) is 13.6 Å². The molecule has 1 aromatic heterocycles. The number of nitrogens with two attached hydrogens (primary N) is 1. The van der Waals surface area contributed by atoms with Crippen LogP contribution in [0.5, 0.6) is 0 Å². The normalized spacial score (nSPS) is 18.9. The molecule has 1 fully saturated rings. The first-order valence-electron chi connectivity index (χ1n) is 12.6. The number of halogens is 2. The summed E-state index contributed by atoms with van der Waals surface area (Å²) in [6.07, 6.45) is 4.10. The van der Waals surface area contributed by atoms with Crippen LogP contribution in [0.3, 0.4) is 0 Å². The fourth-order valence-corrected chi connectivity index (χ4v) is 4.97. The summed E-state index contributed by atoms with van der Waals surface area (Å²) >= 11 is 5.20. The van der Waals surface area contributed by atoms with E-state index in [1.54, 1.807) is 0 Å². The Bertz CT molecular complexity index is 864. The number of alkyl halides is 2. The van der Waals surface area contributed by atoms with Crippen LogP contribution in [0, 0.1) is 12.8 Å². The average molecular weight is 513 g/mol. The molecule has 3 atom stereocenters. The molecule has 1 saturated carbocycles. The summed E-state index contributed by atoms with van der Waals surface area (Å²) < 4.78 is 29.1. The van der Waals surface area contributed by atoms with E-state index < -0.39 is 17.9 Å². The van der Waals surface area contributed by atoms with Gasteiger partial charge in [-0.1, -0.05) is 39.1 Å². The summed E-state index contributed by atoms with van der Waals surface area (Å²) in [4.78, 5) is 15.1. The van der Waals surface area contributed by atoms with E-state index in [-0.39, 0.29) is 54.6 Å². The molecule has 3 N–H and O–H groups in total. The van der Waals surface area contributed by atoms with Crippen molar-refractivity contribution in [1.29, 1.82) is 0 Å². The molecule has 1 aromatic rings. The summed E-state index contributed by atoms with van der Waals surface area (Å²) in [5, 5.41) is 11.6. The standard InChI is InChI=1S/C25H42F2N6OS/c1-7-19(15-20(8-2)33-17(5)30-31-23(33)16(3)4)32(6)14-11-21(22(28)35)29-24(34)18-9-12-25(26,27)13-10-18/h7,16,18-21H,1,8-15H2,2-6H3,(H2,28,35)(H,29,34). The second-order valence-electron chi connectivity index (χ2n) is 10.1. The molecular formula is C25H42F2N6OS. The number of hydrogen-bond acceptors (Lipinski definition) is 5. The van der Waals surface area contributed by atoms with Gasteiger partial charge < -0.3 is 15.6 Å². The van der Waals surface area contributed by atoms with E-state index in [0.717, 1.165) is 24.5 Å². The molecular weight excluding hydrogens is 470 g/mol. The van der Waals surface area contributed by atoms with Crippen molar-refractivity contribution in [1.82, 2.24) is 25.0 Å². The van der Waals surface area contributed by atoms with Crippen LogP contribution >= 0.6 is 12.2 Å². The van der Waals surface area contributed by atoms with Gasteiger partial charge in [0.15, 0.2) is 0 Å². The maximum Gasteiger partial charge on any atom is 0.248 e. The Labute approximate surface area is 213 Å². The van der Waals surface area contributed by atoms with E-state index in [2.05, 4.69) is 52.3 Å². The van der Waals surface area contributed by atoms with E-state index in [1.165, 1.54) is 0 Å². The number of thiocarbonyl (C=S) groups is 1. The van der Waals surface area contributed by atoms with Crippen molar-refractivity contribution in [3.8, 4) is 0 Å². The summed E-state index contributed by atoms with van der Waals surface area (Å²) in [6, 6.07) is -0.170. The molecule has 1 heterocycles. The number of carbonyl (C=O) groups excluding carboxylic acids is 1. The van der Waals surface area contributed by atoms with Crippen LogP contribution in [0.15, 0.2) is 12.7 Å². The molecule has 0 radical (unpaired) electrons. The maximum atomic E-state index is 13.4. The van der Waals surface area contributed by atoms with Crippen molar-refractivity contribution in [2.45, 2.75) is 103 Å². The lowest BCUT2D eigenvalue weighted by Gasteiger charge is -2.32. The molecule has 7 nitrogen and oxygen atoms in total. The van der Waals surface area contributed by atoms with E-state index in [4.69, 9.17) is 18.0 Å².